The molecule has 3 nitrogen and oxygen atoms in total. The van der Waals surface area contributed by atoms with Crippen LogP contribution >= 0.6 is 0 Å². The van der Waals surface area contributed by atoms with E-state index in [4.69, 9.17) is 0 Å². The molecule has 0 radical (unpaired) electrons. The van der Waals surface area contributed by atoms with Crippen molar-refractivity contribution in [2.45, 2.75) is 57.5 Å². The molecule has 0 amide bonds. The molecular formula is C11H23N3. The van der Waals surface area contributed by atoms with Crippen molar-refractivity contribution in [3.05, 3.63) is 0 Å². The quantitative estimate of drug-likeness (QED) is 0.599. The summed E-state index contributed by atoms with van der Waals surface area (Å²) in [5, 5.41) is 3.47. The smallest absolute Gasteiger partial charge is 0.0743 e. The molecule has 1 heterocycles. The van der Waals surface area contributed by atoms with Gasteiger partial charge >= 0.3 is 0 Å². The molecule has 1 aliphatic carbocycles. The predicted octanol–water partition coefficient (Wildman–Crippen LogP) is 1.72. The van der Waals surface area contributed by atoms with E-state index in [1.54, 1.807) is 0 Å². The van der Waals surface area contributed by atoms with Crippen molar-refractivity contribution in [1.29, 1.82) is 0 Å². The molecule has 1 unspecified atom stereocenters. The fourth-order valence-corrected chi connectivity index (χ4v) is 2.66. The molecule has 0 spiro atoms. The van der Waals surface area contributed by atoms with Crippen LogP contribution < -0.4 is 16.2 Å². The molecule has 2 fully saturated rings. The lowest BCUT2D eigenvalue weighted by molar-refractivity contribution is 0.303. The average Bonchev–Trinajstić information content (AvgIpc) is 2.75. The number of rotatable bonds is 1. The maximum atomic E-state index is 3.47. The van der Waals surface area contributed by atoms with Gasteiger partial charge in [0.2, 0.25) is 0 Å². The number of hydrogen-bond acceptors (Lipinski definition) is 3. The van der Waals surface area contributed by atoms with Crippen LogP contribution in [-0.2, 0) is 0 Å². The fraction of sp³-hybridized carbons (Fsp3) is 1.00. The van der Waals surface area contributed by atoms with Gasteiger partial charge in [-0.1, -0.05) is 38.5 Å². The predicted molar refractivity (Wildman–Crippen MR) is 58.5 cm³/mol. The zero-order chi connectivity index (χ0) is 9.64. The van der Waals surface area contributed by atoms with Gasteiger partial charge in [-0.2, -0.15) is 0 Å². The summed E-state index contributed by atoms with van der Waals surface area (Å²) in [6, 6.07) is 0. The minimum atomic E-state index is 0.521. The first kappa shape index (κ1) is 10.4. The van der Waals surface area contributed by atoms with Gasteiger partial charge in [-0.15, -0.1) is 0 Å². The van der Waals surface area contributed by atoms with Gasteiger partial charge < -0.3 is 0 Å². The Bertz CT molecular complexity index is 145. The number of nitrogens with one attached hydrogen (secondary N) is 3. The third kappa shape index (κ3) is 2.94. The third-order valence-corrected chi connectivity index (χ3v) is 3.54. The highest BCUT2D eigenvalue weighted by Crippen LogP contribution is 2.23. The summed E-state index contributed by atoms with van der Waals surface area (Å²) in [6.07, 6.45) is 11.9. The van der Waals surface area contributed by atoms with Crippen molar-refractivity contribution in [1.82, 2.24) is 16.2 Å². The minimum absolute atomic E-state index is 0.521. The normalized spacial score (nSPS) is 32.1. The van der Waals surface area contributed by atoms with E-state index >= 15 is 0 Å². The van der Waals surface area contributed by atoms with E-state index in [0.29, 0.717) is 6.17 Å². The molecule has 3 N–H and O–H groups in total. The molecule has 14 heavy (non-hydrogen) atoms. The Kier molecular flexibility index (Phi) is 4.22. The van der Waals surface area contributed by atoms with E-state index in [2.05, 4.69) is 16.2 Å². The molecule has 3 heteroatoms. The lowest BCUT2D eigenvalue weighted by Crippen LogP contribution is -2.40. The Hall–Kier alpha value is -0.120. The Morgan fingerprint density at radius 3 is 2.00 bits per heavy atom. The zero-order valence-electron chi connectivity index (χ0n) is 9.02. The zero-order valence-corrected chi connectivity index (χ0v) is 9.02. The molecule has 1 atom stereocenters. The summed E-state index contributed by atoms with van der Waals surface area (Å²) < 4.78 is 0. The van der Waals surface area contributed by atoms with Crippen LogP contribution in [0.1, 0.15) is 51.4 Å². The first-order valence-electron chi connectivity index (χ1n) is 6.18. The van der Waals surface area contributed by atoms with E-state index < -0.39 is 0 Å². The van der Waals surface area contributed by atoms with Gasteiger partial charge in [0.15, 0.2) is 0 Å². The van der Waals surface area contributed by atoms with Crippen molar-refractivity contribution in [3.63, 3.8) is 0 Å². The van der Waals surface area contributed by atoms with E-state index in [0.717, 1.165) is 12.6 Å². The maximum absolute atomic E-state index is 3.47. The van der Waals surface area contributed by atoms with Gasteiger partial charge in [-0.25, -0.2) is 10.9 Å². The molecule has 82 valence electrons. The Morgan fingerprint density at radius 2 is 1.43 bits per heavy atom. The second-order valence-electron chi connectivity index (χ2n) is 4.64. The van der Waals surface area contributed by atoms with Crippen LogP contribution in [0.5, 0.6) is 0 Å². The molecule has 0 aromatic carbocycles. The van der Waals surface area contributed by atoms with E-state index in [9.17, 15) is 0 Å². The molecule has 0 aromatic heterocycles. The fourth-order valence-electron chi connectivity index (χ4n) is 2.66. The molecule has 1 aliphatic heterocycles. The summed E-state index contributed by atoms with van der Waals surface area (Å²) in [7, 11) is 0. The average molecular weight is 197 g/mol. The lowest BCUT2D eigenvalue weighted by atomic mass is 9.94. The Balaban J connectivity index is 1.80. The molecule has 0 aromatic rings. The van der Waals surface area contributed by atoms with Crippen LogP contribution in [0.15, 0.2) is 0 Å². The van der Waals surface area contributed by atoms with E-state index in [1.807, 2.05) is 0 Å². The highest BCUT2D eigenvalue weighted by molar-refractivity contribution is 4.77. The lowest BCUT2D eigenvalue weighted by Gasteiger charge is -2.22. The monoisotopic (exact) mass is 197 g/mol. The minimum Gasteiger partial charge on any atom is -0.287 e. The molecule has 2 rings (SSSR count). The summed E-state index contributed by atoms with van der Waals surface area (Å²) in [5.74, 6) is 0.836. The van der Waals surface area contributed by atoms with Crippen LogP contribution in [0.3, 0.4) is 0 Å². The van der Waals surface area contributed by atoms with Crippen molar-refractivity contribution in [2.24, 2.45) is 5.92 Å². The van der Waals surface area contributed by atoms with Gasteiger partial charge in [-0.3, -0.25) is 5.32 Å². The summed E-state index contributed by atoms with van der Waals surface area (Å²) in [6.45, 7) is 0.918. The standard InChI is InChI=1S/C11H23N3/c1-2-4-6-8-10(7-5-3-1)11-12-9-13-14-11/h10-14H,1-9H2. The third-order valence-electron chi connectivity index (χ3n) is 3.54. The summed E-state index contributed by atoms with van der Waals surface area (Å²) in [5.41, 5.74) is 6.49. The van der Waals surface area contributed by atoms with Crippen LogP contribution in [-0.4, -0.2) is 12.8 Å². The summed E-state index contributed by atoms with van der Waals surface area (Å²) in [4.78, 5) is 0. The van der Waals surface area contributed by atoms with Crippen molar-refractivity contribution >= 4 is 0 Å². The van der Waals surface area contributed by atoms with Crippen LogP contribution in [0.2, 0.25) is 0 Å². The van der Waals surface area contributed by atoms with Crippen molar-refractivity contribution in [3.8, 4) is 0 Å². The molecule has 1 saturated heterocycles. The Labute approximate surface area is 87.0 Å². The van der Waals surface area contributed by atoms with Crippen molar-refractivity contribution < 1.29 is 0 Å². The van der Waals surface area contributed by atoms with E-state index in [-0.39, 0.29) is 0 Å². The molecular weight excluding hydrogens is 174 g/mol. The van der Waals surface area contributed by atoms with Gasteiger partial charge in [0, 0.05) is 0 Å². The maximum Gasteiger partial charge on any atom is 0.0743 e. The van der Waals surface area contributed by atoms with Crippen LogP contribution in [0.4, 0.5) is 0 Å². The SMILES string of the molecule is C1CCCCC(C2NCNN2)CCC1. The Morgan fingerprint density at radius 1 is 0.786 bits per heavy atom. The van der Waals surface area contributed by atoms with Gasteiger partial charge in [0.25, 0.3) is 0 Å². The number of hydrazine groups is 1. The molecule has 1 saturated carbocycles. The number of hydrogen-bond donors (Lipinski definition) is 3. The van der Waals surface area contributed by atoms with Crippen LogP contribution in [0.25, 0.3) is 0 Å². The van der Waals surface area contributed by atoms with Crippen LogP contribution in [0, 0.1) is 5.92 Å². The summed E-state index contributed by atoms with van der Waals surface area (Å²) >= 11 is 0. The van der Waals surface area contributed by atoms with Gasteiger partial charge in [0.1, 0.15) is 0 Å². The largest absolute Gasteiger partial charge is 0.287 e. The first-order chi connectivity index (χ1) is 6.97. The molecule has 0 bridgehead atoms. The van der Waals surface area contributed by atoms with Gasteiger partial charge in [-0.05, 0) is 18.8 Å². The topological polar surface area (TPSA) is 36.1 Å². The second-order valence-corrected chi connectivity index (χ2v) is 4.64. The molecule has 2 aliphatic rings. The first-order valence-corrected chi connectivity index (χ1v) is 6.18. The van der Waals surface area contributed by atoms with E-state index in [1.165, 1.54) is 51.4 Å². The second kappa shape index (κ2) is 5.69. The highest BCUT2D eigenvalue weighted by atomic mass is 15.5. The highest BCUT2D eigenvalue weighted by Gasteiger charge is 2.23. The van der Waals surface area contributed by atoms with Crippen molar-refractivity contribution in [2.75, 3.05) is 6.67 Å². The van der Waals surface area contributed by atoms with Gasteiger partial charge in [0.05, 0.1) is 12.8 Å².